The van der Waals surface area contributed by atoms with E-state index < -0.39 is 0 Å². The van der Waals surface area contributed by atoms with Crippen molar-refractivity contribution in [2.75, 3.05) is 20.3 Å². The molecule has 0 aromatic heterocycles. The molecular formula is C22H29IO3. The van der Waals surface area contributed by atoms with Crippen LogP contribution in [0.25, 0.3) is 0 Å². The molecule has 26 heavy (non-hydrogen) atoms. The third-order valence-electron chi connectivity index (χ3n) is 7.56. The quantitative estimate of drug-likeness (QED) is 0.347. The molecule has 0 bridgehead atoms. The number of fused-ring (bicyclic) bond motifs is 5. The number of benzene rings is 1. The smallest absolute Gasteiger partial charge is 0.133 e. The zero-order chi connectivity index (χ0) is 18.3. The van der Waals surface area contributed by atoms with Crippen molar-refractivity contribution in [2.24, 2.45) is 23.2 Å². The van der Waals surface area contributed by atoms with Crippen LogP contribution in [-0.2, 0) is 16.0 Å². The van der Waals surface area contributed by atoms with Gasteiger partial charge >= 0.3 is 0 Å². The predicted octanol–water partition coefficient (Wildman–Crippen LogP) is 4.99. The Kier molecular flexibility index (Phi) is 5.35. The Morgan fingerprint density at radius 1 is 1.23 bits per heavy atom. The summed E-state index contributed by atoms with van der Waals surface area (Å²) >= 11 is 2.41. The summed E-state index contributed by atoms with van der Waals surface area (Å²) in [6.07, 6.45) is 8.44. The maximum atomic E-state index is 11.6. The maximum absolute atomic E-state index is 11.6. The van der Waals surface area contributed by atoms with Gasteiger partial charge in [0.2, 0.25) is 0 Å². The second-order valence-corrected chi connectivity index (χ2v) is 9.76. The summed E-state index contributed by atoms with van der Waals surface area (Å²) in [6, 6.07) is 4.66. The van der Waals surface area contributed by atoms with E-state index in [0.29, 0.717) is 19.1 Å². The molecule has 142 valence electrons. The lowest BCUT2D eigenvalue weighted by Gasteiger charge is -2.50. The SMILES string of the molecule is COCCOc1cc2c(cc1I)[C@H]1CC[C@]3(C)C(C=O)CC[C@H]3[C@@H]1CC2. The molecule has 3 aliphatic carbocycles. The van der Waals surface area contributed by atoms with Crippen LogP contribution in [0.3, 0.4) is 0 Å². The van der Waals surface area contributed by atoms with Gasteiger partial charge in [-0.25, -0.2) is 0 Å². The number of aryl methyl sites for hydroxylation is 1. The van der Waals surface area contributed by atoms with Crippen molar-refractivity contribution >= 4 is 28.9 Å². The minimum atomic E-state index is 0.247. The summed E-state index contributed by atoms with van der Waals surface area (Å²) < 4.78 is 12.2. The van der Waals surface area contributed by atoms with Crippen LogP contribution in [-0.4, -0.2) is 26.6 Å². The third-order valence-corrected chi connectivity index (χ3v) is 8.40. The standard InChI is InChI=1S/C22H29IO3/c1-22-8-7-16-17(19(22)6-4-15(22)13-24)5-3-14-11-21(26-10-9-25-2)20(23)12-18(14)16/h11-13,15-17,19H,3-10H2,1-2H3/t15?,16-,17+,19-,22+/m0/s1. The summed E-state index contributed by atoms with van der Waals surface area (Å²) in [4.78, 5) is 11.6. The second kappa shape index (κ2) is 7.42. The van der Waals surface area contributed by atoms with Gasteiger partial charge in [-0.1, -0.05) is 6.92 Å². The van der Waals surface area contributed by atoms with Crippen LogP contribution in [0, 0.1) is 26.7 Å². The van der Waals surface area contributed by atoms with Crippen molar-refractivity contribution in [2.45, 2.75) is 51.4 Å². The van der Waals surface area contributed by atoms with Gasteiger partial charge in [0, 0.05) is 13.0 Å². The number of halogens is 1. The normalized spacial score (nSPS) is 35.3. The van der Waals surface area contributed by atoms with Gasteiger partial charge in [0.1, 0.15) is 18.6 Å². The molecule has 0 N–H and O–H groups in total. The van der Waals surface area contributed by atoms with E-state index in [2.05, 4.69) is 41.6 Å². The van der Waals surface area contributed by atoms with Crippen LogP contribution in [0.15, 0.2) is 12.1 Å². The van der Waals surface area contributed by atoms with E-state index in [-0.39, 0.29) is 11.3 Å². The maximum Gasteiger partial charge on any atom is 0.133 e. The number of hydrogen-bond acceptors (Lipinski definition) is 3. The zero-order valence-corrected chi connectivity index (χ0v) is 18.0. The van der Waals surface area contributed by atoms with Gasteiger partial charge in [0.25, 0.3) is 0 Å². The Balaban J connectivity index is 1.59. The Hall–Kier alpha value is -0.620. The summed E-state index contributed by atoms with van der Waals surface area (Å²) in [6.45, 7) is 3.62. The lowest BCUT2D eigenvalue weighted by atomic mass is 9.54. The molecule has 0 saturated heterocycles. The van der Waals surface area contributed by atoms with Gasteiger partial charge in [0.15, 0.2) is 0 Å². The van der Waals surface area contributed by atoms with Gasteiger partial charge in [-0.15, -0.1) is 0 Å². The average molecular weight is 468 g/mol. The largest absolute Gasteiger partial charge is 0.490 e. The molecular weight excluding hydrogens is 439 g/mol. The lowest BCUT2D eigenvalue weighted by molar-refractivity contribution is -0.115. The number of carbonyl (C=O) groups is 1. The molecule has 2 fully saturated rings. The van der Waals surface area contributed by atoms with Gasteiger partial charge in [0.05, 0.1) is 10.2 Å². The van der Waals surface area contributed by atoms with E-state index in [1.807, 2.05) is 0 Å². The van der Waals surface area contributed by atoms with Crippen molar-refractivity contribution in [1.82, 2.24) is 0 Å². The van der Waals surface area contributed by atoms with Crippen LogP contribution in [0.5, 0.6) is 5.75 Å². The molecule has 4 heteroatoms. The Labute approximate surface area is 170 Å². The molecule has 0 heterocycles. The monoisotopic (exact) mass is 468 g/mol. The molecule has 5 atom stereocenters. The van der Waals surface area contributed by atoms with Crippen molar-refractivity contribution < 1.29 is 14.3 Å². The number of ether oxygens (including phenoxy) is 2. The molecule has 0 spiro atoms. The Morgan fingerprint density at radius 2 is 2.08 bits per heavy atom. The molecule has 1 unspecified atom stereocenters. The van der Waals surface area contributed by atoms with Crippen molar-refractivity contribution in [1.29, 1.82) is 0 Å². The fourth-order valence-corrected chi connectivity index (χ4v) is 6.83. The van der Waals surface area contributed by atoms with E-state index in [4.69, 9.17) is 9.47 Å². The molecule has 4 rings (SSSR count). The van der Waals surface area contributed by atoms with E-state index in [1.165, 1.54) is 41.1 Å². The Morgan fingerprint density at radius 3 is 2.85 bits per heavy atom. The summed E-state index contributed by atoms with van der Waals surface area (Å²) in [5.74, 6) is 3.43. The van der Waals surface area contributed by atoms with Crippen LogP contribution in [0.1, 0.15) is 56.1 Å². The highest BCUT2D eigenvalue weighted by Crippen LogP contribution is 2.62. The summed E-state index contributed by atoms with van der Waals surface area (Å²) in [7, 11) is 1.70. The Bertz CT molecular complexity index is 688. The highest BCUT2D eigenvalue weighted by atomic mass is 127. The van der Waals surface area contributed by atoms with Crippen molar-refractivity contribution in [3.05, 3.63) is 26.8 Å². The molecule has 0 aliphatic heterocycles. The first kappa shape index (κ1) is 18.7. The van der Waals surface area contributed by atoms with Crippen LogP contribution >= 0.6 is 22.6 Å². The first-order valence-electron chi connectivity index (χ1n) is 9.98. The number of carbonyl (C=O) groups excluding carboxylic acids is 1. The average Bonchev–Trinajstić information content (AvgIpc) is 2.98. The van der Waals surface area contributed by atoms with Crippen LogP contribution in [0.2, 0.25) is 0 Å². The van der Waals surface area contributed by atoms with Gasteiger partial charge in [-0.3, -0.25) is 0 Å². The molecule has 2 saturated carbocycles. The second-order valence-electron chi connectivity index (χ2n) is 8.60. The number of hydrogen-bond donors (Lipinski definition) is 0. The van der Waals surface area contributed by atoms with E-state index in [0.717, 1.165) is 30.4 Å². The van der Waals surface area contributed by atoms with Crippen LogP contribution < -0.4 is 4.74 Å². The highest BCUT2D eigenvalue weighted by molar-refractivity contribution is 14.1. The van der Waals surface area contributed by atoms with Gasteiger partial charge in [-0.2, -0.15) is 0 Å². The predicted molar refractivity (Wildman–Crippen MR) is 111 cm³/mol. The minimum absolute atomic E-state index is 0.247. The van der Waals surface area contributed by atoms with Gasteiger partial charge < -0.3 is 14.3 Å². The number of methoxy groups -OCH3 is 1. The highest BCUT2D eigenvalue weighted by Gasteiger charge is 2.54. The molecule has 3 aliphatic rings. The first-order chi connectivity index (χ1) is 12.6. The molecule has 0 radical (unpaired) electrons. The number of aldehydes is 1. The fraction of sp³-hybridized carbons (Fsp3) is 0.682. The van der Waals surface area contributed by atoms with E-state index >= 15 is 0 Å². The first-order valence-corrected chi connectivity index (χ1v) is 11.1. The van der Waals surface area contributed by atoms with Crippen molar-refractivity contribution in [3.63, 3.8) is 0 Å². The van der Waals surface area contributed by atoms with Crippen LogP contribution in [0.4, 0.5) is 0 Å². The molecule has 0 amide bonds. The molecule has 1 aromatic carbocycles. The summed E-state index contributed by atoms with van der Waals surface area (Å²) in [5.41, 5.74) is 3.28. The fourth-order valence-electron chi connectivity index (χ4n) is 6.18. The van der Waals surface area contributed by atoms with Crippen molar-refractivity contribution in [3.8, 4) is 5.75 Å². The van der Waals surface area contributed by atoms with Gasteiger partial charge in [-0.05, 0) is 108 Å². The minimum Gasteiger partial charge on any atom is -0.490 e. The lowest BCUT2D eigenvalue weighted by Crippen LogP contribution is -2.42. The van der Waals surface area contributed by atoms with E-state index in [9.17, 15) is 4.79 Å². The zero-order valence-electron chi connectivity index (χ0n) is 15.8. The topological polar surface area (TPSA) is 35.5 Å². The number of rotatable bonds is 5. The van der Waals surface area contributed by atoms with E-state index in [1.54, 1.807) is 12.7 Å². The molecule has 1 aromatic rings. The summed E-state index contributed by atoms with van der Waals surface area (Å²) in [5, 5.41) is 0. The molecule has 3 nitrogen and oxygen atoms in total. The third kappa shape index (κ3) is 3.01.